The molecule has 15 heavy (non-hydrogen) atoms. The normalized spacial score (nSPS) is 11.9. The van der Waals surface area contributed by atoms with Crippen LogP contribution in [0.2, 0.25) is 0 Å². The van der Waals surface area contributed by atoms with Gasteiger partial charge in [-0.15, -0.1) is 0 Å². The molecular weight excluding hydrogens is 190 g/mol. The van der Waals surface area contributed by atoms with Gasteiger partial charge >= 0.3 is 0 Å². The highest BCUT2D eigenvalue weighted by molar-refractivity contribution is 5.98. The second-order valence-corrected chi connectivity index (χ2v) is 3.82. The van der Waals surface area contributed by atoms with Crippen LogP contribution in [0.4, 0.5) is 5.69 Å². The lowest BCUT2D eigenvalue weighted by Gasteiger charge is -2.06. The molecule has 4 nitrogen and oxygen atoms in total. The Bertz CT molecular complexity index is 330. The smallest absolute Gasteiger partial charge is 0.152 e. The number of hydrogen-bond acceptors (Lipinski definition) is 3. The molecule has 0 heterocycles. The predicted molar refractivity (Wildman–Crippen MR) is 62.0 cm³/mol. The number of nitrogens with one attached hydrogen (secondary N) is 1. The molecule has 0 atom stereocenters. The van der Waals surface area contributed by atoms with Crippen molar-refractivity contribution in [2.75, 3.05) is 12.3 Å². The van der Waals surface area contributed by atoms with Crippen molar-refractivity contribution in [2.24, 2.45) is 10.9 Å². The molecule has 0 saturated heterocycles. The van der Waals surface area contributed by atoms with Gasteiger partial charge in [0.2, 0.25) is 0 Å². The van der Waals surface area contributed by atoms with Crippen molar-refractivity contribution >= 4 is 11.5 Å². The zero-order valence-corrected chi connectivity index (χ0v) is 9.07. The molecule has 0 aliphatic heterocycles. The fraction of sp³-hybridized carbons (Fsp3) is 0.364. The minimum Gasteiger partial charge on any atom is -0.399 e. The standard InChI is InChI=1S/C11H17N3O/c1-8(2)7-13-11(14-15)9-3-5-10(12)6-4-9/h3-6,8,15H,7,12H2,1-2H3,(H,13,14). The monoisotopic (exact) mass is 207 g/mol. The summed E-state index contributed by atoms with van der Waals surface area (Å²) < 4.78 is 0. The summed E-state index contributed by atoms with van der Waals surface area (Å²) in [6.07, 6.45) is 0. The van der Waals surface area contributed by atoms with E-state index in [1.165, 1.54) is 0 Å². The number of hydrogen-bond donors (Lipinski definition) is 3. The lowest BCUT2D eigenvalue weighted by Crippen LogP contribution is -2.21. The molecule has 1 aromatic carbocycles. The quantitative estimate of drug-likeness (QED) is 0.305. The molecule has 0 amide bonds. The summed E-state index contributed by atoms with van der Waals surface area (Å²) in [6.45, 7) is 4.82. The van der Waals surface area contributed by atoms with Crippen LogP contribution >= 0.6 is 0 Å². The molecule has 0 bridgehead atoms. The third-order valence-corrected chi connectivity index (χ3v) is 1.90. The molecule has 0 saturated carbocycles. The van der Waals surface area contributed by atoms with E-state index in [-0.39, 0.29) is 0 Å². The molecule has 1 aromatic rings. The fourth-order valence-corrected chi connectivity index (χ4v) is 1.11. The van der Waals surface area contributed by atoms with Crippen LogP contribution in [0.15, 0.2) is 29.3 Å². The number of aliphatic imine (C=N–C) groups is 1. The maximum absolute atomic E-state index is 8.95. The molecule has 0 radical (unpaired) electrons. The predicted octanol–water partition coefficient (Wildman–Crippen LogP) is 1.65. The number of anilines is 1. The second-order valence-electron chi connectivity index (χ2n) is 3.82. The SMILES string of the molecule is CC(C)CN=C(NO)c1ccc(N)cc1. The summed E-state index contributed by atoms with van der Waals surface area (Å²) in [5, 5.41) is 8.95. The molecule has 82 valence electrons. The lowest BCUT2D eigenvalue weighted by atomic mass is 10.2. The van der Waals surface area contributed by atoms with Gasteiger partial charge < -0.3 is 5.73 Å². The van der Waals surface area contributed by atoms with E-state index in [0.717, 1.165) is 5.56 Å². The largest absolute Gasteiger partial charge is 0.399 e. The van der Waals surface area contributed by atoms with Gasteiger partial charge in [-0.05, 0) is 30.2 Å². The zero-order chi connectivity index (χ0) is 11.3. The molecule has 0 fully saturated rings. The number of rotatable bonds is 3. The van der Waals surface area contributed by atoms with Crippen LogP contribution in [0.25, 0.3) is 0 Å². The van der Waals surface area contributed by atoms with Crippen LogP contribution < -0.4 is 11.2 Å². The van der Waals surface area contributed by atoms with E-state index in [0.29, 0.717) is 24.0 Å². The average Bonchev–Trinajstić information content (AvgIpc) is 2.21. The van der Waals surface area contributed by atoms with Crippen LogP contribution in [0.3, 0.4) is 0 Å². The first-order valence-corrected chi connectivity index (χ1v) is 4.94. The fourth-order valence-electron chi connectivity index (χ4n) is 1.11. The lowest BCUT2D eigenvalue weighted by molar-refractivity contribution is 0.234. The summed E-state index contributed by atoms with van der Waals surface area (Å²) in [4.78, 5) is 4.26. The Kier molecular flexibility index (Phi) is 4.12. The Morgan fingerprint density at radius 3 is 2.47 bits per heavy atom. The van der Waals surface area contributed by atoms with Gasteiger partial charge in [0, 0.05) is 17.8 Å². The first kappa shape index (κ1) is 11.5. The van der Waals surface area contributed by atoms with E-state index < -0.39 is 0 Å². The number of nitrogens with two attached hydrogens (primary N) is 1. The second kappa shape index (κ2) is 5.36. The third kappa shape index (κ3) is 3.59. The number of nitrogen functional groups attached to an aromatic ring is 1. The number of hydroxylamine groups is 1. The van der Waals surface area contributed by atoms with E-state index in [2.05, 4.69) is 24.3 Å². The van der Waals surface area contributed by atoms with Gasteiger partial charge in [0.15, 0.2) is 5.84 Å². The Morgan fingerprint density at radius 1 is 1.40 bits per heavy atom. The van der Waals surface area contributed by atoms with Crippen LogP contribution in [0, 0.1) is 5.92 Å². The maximum Gasteiger partial charge on any atom is 0.152 e. The molecule has 4 heteroatoms. The molecule has 1 rings (SSSR count). The average molecular weight is 207 g/mol. The Labute approximate surface area is 89.8 Å². The van der Waals surface area contributed by atoms with Gasteiger partial charge in [0.25, 0.3) is 0 Å². The highest BCUT2D eigenvalue weighted by atomic mass is 16.5. The van der Waals surface area contributed by atoms with Crippen molar-refractivity contribution in [3.63, 3.8) is 0 Å². The molecule has 0 aliphatic rings. The number of amidine groups is 1. The van der Waals surface area contributed by atoms with Gasteiger partial charge in [0.1, 0.15) is 0 Å². The van der Waals surface area contributed by atoms with Gasteiger partial charge in [-0.1, -0.05) is 13.8 Å². The maximum atomic E-state index is 8.95. The molecule has 0 spiro atoms. The first-order valence-electron chi connectivity index (χ1n) is 4.94. The Balaban J connectivity index is 2.82. The molecule has 4 N–H and O–H groups in total. The van der Waals surface area contributed by atoms with Crippen LogP contribution in [-0.2, 0) is 0 Å². The Hall–Kier alpha value is -1.55. The molecular formula is C11H17N3O. The van der Waals surface area contributed by atoms with Gasteiger partial charge in [-0.25, -0.2) is 0 Å². The van der Waals surface area contributed by atoms with Crippen molar-refractivity contribution in [1.82, 2.24) is 5.48 Å². The van der Waals surface area contributed by atoms with Gasteiger partial charge in [-0.3, -0.25) is 15.7 Å². The summed E-state index contributed by atoms with van der Waals surface area (Å²) in [5.41, 5.74) is 9.19. The van der Waals surface area contributed by atoms with E-state index in [1.54, 1.807) is 12.1 Å². The van der Waals surface area contributed by atoms with Crippen LogP contribution in [0.1, 0.15) is 19.4 Å². The number of benzene rings is 1. The molecule has 0 unspecified atom stereocenters. The van der Waals surface area contributed by atoms with Crippen molar-refractivity contribution in [1.29, 1.82) is 0 Å². The van der Waals surface area contributed by atoms with Crippen molar-refractivity contribution in [2.45, 2.75) is 13.8 Å². The summed E-state index contributed by atoms with van der Waals surface area (Å²) in [6, 6.07) is 7.19. The topological polar surface area (TPSA) is 70.6 Å². The van der Waals surface area contributed by atoms with E-state index in [4.69, 9.17) is 10.9 Å². The van der Waals surface area contributed by atoms with Crippen molar-refractivity contribution in [3.8, 4) is 0 Å². The summed E-state index contributed by atoms with van der Waals surface area (Å²) >= 11 is 0. The minimum atomic E-state index is 0.460. The molecule has 0 aromatic heterocycles. The van der Waals surface area contributed by atoms with E-state index in [9.17, 15) is 0 Å². The molecule has 0 aliphatic carbocycles. The highest BCUT2D eigenvalue weighted by Gasteiger charge is 2.01. The summed E-state index contributed by atoms with van der Waals surface area (Å²) in [7, 11) is 0. The van der Waals surface area contributed by atoms with Crippen LogP contribution in [-0.4, -0.2) is 17.6 Å². The minimum absolute atomic E-state index is 0.460. The highest BCUT2D eigenvalue weighted by Crippen LogP contribution is 2.06. The van der Waals surface area contributed by atoms with E-state index >= 15 is 0 Å². The zero-order valence-electron chi connectivity index (χ0n) is 9.07. The van der Waals surface area contributed by atoms with Crippen molar-refractivity contribution < 1.29 is 5.21 Å². The Morgan fingerprint density at radius 2 is 2.00 bits per heavy atom. The summed E-state index contributed by atoms with van der Waals surface area (Å²) in [5.74, 6) is 0.936. The van der Waals surface area contributed by atoms with E-state index in [1.807, 2.05) is 12.1 Å². The van der Waals surface area contributed by atoms with Crippen molar-refractivity contribution in [3.05, 3.63) is 29.8 Å². The first-order chi connectivity index (χ1) is 7.13. The third-order valence-electron chi connectivity index (χ3n) is 1.90. The number of nitrogens with zero attached hydrogens (tertiary/aromatic N) is 1. The van der Waals surface area contributed by atoms with Crippen LogP contribution in [0.5, 0.6) is 0 Å². The van der Waals surface area contributed by atoms with Gasteiger partial charge in [0.05, 0.1) is 0 Å². The van der Waals surface area contributed by atoms with Gasteiger partial charge in [-0.2, -0.15) is 0 Å².